The van der Waals surface area contributed by atoms with Crippen molar-refractivity contribution in [1.29, 1.82) is 5.41 Å². The molecule has 0 unspecified atom stereocenters. The first kappa shape index (κ1) is 9.09. The number of nitrogens with one attached hydrogen (secondary N) is 1. The van der Waals surface area contributed by atoms with Crippen LogP contribution in [0, 0.1) is 12.3 Å². The van der Waals surface area contributed by atoms with E-state index in [0.29, 0.717) is 11.1 Å². The summed E-state index contributed by atoms with van der Waals surface area (Å²) in [4.78, 5) is 4.48. The Morgan fingerprint density at radius 2 is 2.00 bits per heavy atom. The van der Waals surface area contributed by atoms with Gasteiger partial charge in [0.2, 0.25) is 0 Å². The highest BCUT2D eigenvalue weighted by Crippen LogP contribution is 2.23. The number of aryl methyl sites for hydroxylation is 1. The molecule has 0 amide bonds. The Kier molecular flexibility index (Phi) is 1.80. The molecule has 0 radical (unpaired) electrons. The van der Waals surface area contributed by atoms with Gasteiger partial charge in [0.1, 0.15) is 11.2 Å². The van der Waals surface area contributed by atoms with Crippen molar-refractivity contribution in [2.45, 2.75) is 6.92 Å². The van der Waals surface area contributed by atoms with Crippen LogP contribution in [-0.4, -0.2) is 4.98 Å². The zero-order chi connectivity index (χ0) is 11.1. The molecule has 1 aromatic carbocycles. The monoisotopic (exact) mass is 210 g/mol. The quantitative estimate of drug-likeness (QED) is 0.580. The molecule has 2 aliphatic rings. The van der Waals surface area contributed by atoms with Gasteiger partial charge in [-0.3, -0.25) is 0 Å². The van der Waals surface area contributed by atoms with Crippen molar-refractivity contribution in [2.75, 3.05) is 0 Å². The van der Waals surface area contributed by atoms with E-state index in [1.807, 2.05) is 25.1 Å². The average Bonchev–Trinajstić information content (AvgIpc) is 2.26. The van der Waals surface area contributed by atoms with E-state index in [0.717, 1.165) is 22.4 Å². The fraction of sp³-hybridized carbons (Fsp3) is 0.0769. The van der Waals surface area contributed by atoms with E-state index >= 15 is 0 Å². The maximum absolute atomic E-state index is 7.54. The van der Waals surface area contributed by atoms with Gasteiger partial charge in [-0.1, -0.05) is 6.07 Å². The summed E-state index contributed by atoms with van der Waals surface area (Å²) in [7, 11) is 0. The Bertz CT molecular complexity index is 700. The Morgan fingerprint density at radius 3 is 2.88 bits per heavy atom. The minimum absolute atomic E-state index is 0.435. The fourth-order valence-electron chi connectivity index (χ4n) is 1.73. The van der Waals surface area contributed by atoms with Gasteiger partial charge < -0.3 is 9.83 Å². The van der Waals surface area contributed by atoms with Crippen LogP contribution < -0.4 is 5.36 Å². The van der Waals surface area contributed by atoms with Crippen molar-refractivity contribution in [3.63, 3.8) is 0 Å². The number of benzene rings is 2. The highest BCUT2D eigenvalue weighted by Gasteiger charge is 2.07. The minimum atomic E-state index is 0.435. The van der Waals surface area contributed by atoms with Crippen LogP contribution in [0.3, 0.4) is 0 Å². The van der Waals surface area contributed by atoms with E-state index in [2.05, 4.69) is 4.98 Å². The van der Waals surface area contributed by atoms with Gasteiger partial charge in [0.25, 0.3) is 0 Å². The van der Waals surface area contributed by atoms with Gasteiger partial charge in [-0.05, 0) is 36.8 Å². The third kappa shape index (κ3) is 1.37. The van der Waals surface area contributed by atoms with Crippen molar-refractivity contribution >= 4 is 11.1 Å². The summed E-state index contributed by atoms with van der Waals surface area (Å²) in [6.45, 7) is 2.01. The zero-order valence-electron chi connectivity index (χ0n) is 8.82. The maximum atomic E-state index is 7.54. The second-order valence-corrected chi connectivity index (χ2v) is 3.87. The van der Waals surface area contributed by atoms with E-state index in [-0.39, 0.29) is 0 Å². The van der Waals surface area contributed by atoms with Crippen LogP contribution in [0.1, 0.15) is 5.56 Å². The van der Waals surface area contributed by atoms with Crippen LogP contribution in [0.4, 0.5) is 0 Å². The Balaban J connectivity index is 2.46. The highest BCUT2D eigenvalue weighted by atomic mass is 16.3. The molecule has 3 rings (SSSR count). The van der Waals surface area contributed by atoms with Crippen LogP contribution in [0.25, 0.3) is 22.6 Å². The van der Waals surface area contributed by atoms with Gasteiger partial charge in [0.05, 0.1) is 5.36 Å². The molecule has 0 saturated heterocycles. The van der Waals surface area contributed by atoms with Gasteiger partial charge in [-0.15, -0.1) is 0 Å². The number of hydrogen-bond acceptors (Lipinski definition) is 3. The molecule has 0 fully saturated rings. The van der Waals surface area contributed by atoms with Crippen LogP contribution in [0.15, 0.2) is 40.8 Å². The Hall–Kier alpha value is -2.16. The number of fused-ring (bicyclic) bond motifs is 2. The number of hydrogen-bond donors (Lipinski definition) is 1. The summed E-state index contributed by atoms with van der Waals surface area (Å²) >= 11 is 0. The van der Waals surface area contributed by atoms with Crippen molar-refractivity contribution < 1.29 is 4.42 Å². The van der Waals surface area contributed by atoms with E-state index in [4.69, 9.17) is 9.83 Å². The van der Waals surface area contributed by atoms with Gasteiger partial charge in [-0.2, -0.15) is 0 Å². The largest absolute Gasteiger partial charge is 0.453 e. The molecule has 0 bridgehead atoms. The first-order valence-corrected chi connectivity index (χ1v) is 5.08. The third-order valence-electron chi connectivity index (χ3n) is 2.54. The molecule has 1 N–H and O–H groups in total. The average molecular weight is 210 g/mol. The van der Waals surface area contributed by atoms with Gasteiger partial charge >= 0.3 is 0 Å². The lowest BCUT2D eigenvalue weighted by Gasteiger charge is -2.05. The molecular formula is C13H10N2O. The summed E-state index contributed by atoms with van der Waals surface area (Å²) in [5.41, 5.74) is 3.53. The molecule has 3 heteroatoms. The topological polar surface area (TPSA) is 49.9 Å². The number of aromatic nitrogens is 1. The Labute approximate surface area is 92.2 Å². The van der Waals surface area contributed by atoms with Crippen LogP contribution in [0.2, 0.25) is 0 Å². The van der Waals surface area contributed by atoms with Crippen LogP contribution >= 0.6 is 0 Å². The molecular weight excluding hydrogens is 200 g/mol. The summed E-state index contributed by atoms with van der Waals surface area (Å²) < 4.78 is 5.73. The smallest absolute Gasteiger partial charge is 0.155 e. The molecule has 16 heavy (non-hydrogen) atoms. The summed E-state index contributed by atoms with van der Waals surface area (Å²) in [5.74, 6) is 0.658. The molecule has 3 nitrogen and oxygen atoms in total. The number of nitrogens with zero attached hydrogens (tertiary/aromatic N) is 1. The second kappa shape index (κ2) is 3.17. The lowest BCUT2D eigenvalue weighted by molar-refractivity contribution is 0.611. The van der Waals surface area contributed by atoms with E-state index < -0.39 is 0 Å². The Morgan fingerprint density at radius 1 is 1.12 bits per heavy atom. The molecule has 0 atom stereocenters. The van der Waals surface area contributed by atoms with Gasteiger partial charge in [0.15, 0.2) is 11.3 Å². The lowest BCUT2D eigenvalue weighted by Crippen LogP contribution is -1.99. The lowest BCUT2D eigenvalue weighted by atomic mass is 10.2. The van der Waals surface area contributed by atoms with Crippen molar-refractivity contribution in [3.05, 3.63) is 47.3 Å². The predicted octanol–water partition coefficient (Wildman–Crippen LogP) is 2.72. The highest BCUT2D eigenvalue weighted by molar-refractivity contribution is 5.76. The standard InChI is InChI=1S/C13H10N2O/c1-8-2-4-10-12(6-8)16-13-7-9(14)3-5-11(13)15-10/h2-7,14H,1H3. The normalized spacial score (nSPS) is 11.1. The molecule has 1 aliphatic heterocycles. The fourth-order valence-corrected chi connectivity index (χ4v) is 1.73. The molecule has 1 heterocycles. The van der Waals surface area contributed by atoms with E-state index in [9.17, 15) is 0 Å². The predicted molar refractivity (Wildman–Crippen MR) is 61.2 cm³/mol. The molecule has 0 spiro atoms. The summed E-state index contributed by atoms with van der Waals surface area (Å²) in [5, 5.41) is 7.97. The maximum Gasteiger partial charge on any atom is 0.155 e. The number of rotatable bonds is 0. The molecule has 1 aliphatic carbocycles. The van der Waals surface area contributed by atoms with Crippen molar-refractivity contribution in [1.82, 2.24) is 4.98 Å². The summed E-state index contributed by atoms with van der Waals surface area (Å²) in [6, 6.07) is 11.1. The van der Waals surface area contributed by atoms with Gasteiger partial charge in [-0.25, -0.2) is 4.98 Å². The first-order chi connectivity index (χ1) is 7.72. The minimum Gasteiger partial charge on any atom is -0.453 e. The first-order valence-electron chi connectivity index (χ1n) is 5.08. The summed E-state index contributed by atoms with van der Waals surface area (Å²) in [6.07, 6.45) is 0. The molecule has 78 valence electrons. The van der Waals surface area contributed by atoms with Crippen molar-refractivity contribution in [3.8, 4) is 11.5 Å². The van der Waals surface area contributed by atoms with Crippen LogP contribution in [0.5, 0.6) is 0 Å². The molecule has 0 aromatic heterocycles. The van der Waals surface area contributed by atoms with Crippen molar-refractivity contribution in [2.24, 2.45) is 0 Å². The molecule has 1 aromatic rings. The van der Waals surface area contributed by atoms with E-state index in [1.165, 1.54) is 0 Å². The molecule has 0 saturated carbocycles. The third-order valence-corrected chi connectivity index (χ3v) is 2.54. The van der Waals surface area contributed by atoms with E-state index in [1.54, 1.807) is 18.2 Å². The SMILES string of the molecule is Cc1ccc2nc3ccc(=N)cc-3oc2c1. The zero-order valence-corrected chi connectivity index (χ0v) is 8.82. The van der Waals surface area contributed by atoms with Gasteiger partial charge in [0, 0.05) is 6.07 Å². The second-order valence-electron chi connectivity index (χ2n) is 3.87. The van der Waals surface area contributed by atoms with Crippen LogP contribution in [-0.2, 0) is 0 Å².